The summed E-state index contributed by atoms with van der Waals surface area (Å²) in [6, 6.07) is 13.3. The Morgan fingerprint density at radius 1 is 0.643 bits per heavy atom. The van der Waals surface area contributed by atoms with Gasteiger partial charge in [-0.3, -0.25) is 43.7 Å². The molecule has 7 amide bonds. The second-order valence-corrected chi connectivity index (χ2v) is 32.9. The fourth-order valence-corrected chi connectivity index (χ4v) is 18.4. The maximum Gasteiger partial charge on any atom is 0.325 e. The smallest absolute Gasteiger partial charge is 0.325 e. The van der Waals surface area contributed by atoms with Crippen LogP contribution in [0.4, 0.5) is 10.5 Å². The number of halogens is 2. The zero-order valence-electron chi connectivity index (χ0n) is 64.1. The summed E-state index contributed by atoms with van der Waals surface area (Å²) in [5.74, 6) is -15.3. The van der Waals surface area contributed by atoms with E-state index >= 15 is 28.8 Å². The molecule has 28 nitrogen and oxygen atoms in total. The molecule has 14 atom stereocenters. The predicted molar refractivity (Wildman–Crippen MR) is 419 cm³/mol. The van der Waals surface area contributed by atoms with E-state index in [1.54, 1.807) is 38.1 Å². The number of aromatic hydroxyl groups is 3. The summed E-state index contributed by atoms with van der Waals surface area (Å²) in [5.41, 5.74) is -0.208. The van der Waals surface area contributed by atoms with Crippen molar-refractivity contribution in [3.8, 4) is 57.1 Å². The van der Waals surface area contributed by atoms with Crippen LogP contribution >= 0.6 is 23.2 Å². The van der Waals surface area contributed by atoms with Crippen LogP contribution in [0.3, 0.4) is 0 Å². The van der Waals surface area contributed by atoms with Gasteiger partial charge in [0.25, 0.3) is 0 Å². The van der Waals surface area contributed by atoms with E-state index in [2.05, 4.69) is 37.2 Å². The van der Waals surface area contributed by atoms with Gasteiger partial charge in [0.15, 0.2) is 28.8 Å². The highest BCUT2D eigenvalue weighted by molar-refractivity contribution is 6.32. The number of carbonyl (C=O) groups is 9. The van der Waals surface area contributed by atoms with Crippen LogP contribution in [0.25, 0.3) is 11.1 Å². The number of fused-ring (bicyclic) bond motifs is 15. The third kappa shape index (κ3) is 18.3. The number of imide groups is 1. The van der Waals surface area contributed by atoms with E-state index < -0.39 is 192 Å². The monoisotopic (exact) mass is 1620 g/mol. The van der Waals surface area contributed by atoms with E-state index in [0.29, 0.717) is 24.7 Å². The van der Waals surface area contributed by atoms with Crippen molar-refractivity contribution >= 4 is 81.8 Å². The van der Waals surface area contributed by atoms with Gasteiger partial charge in [-0.15, -0.1) is 0 Å². The largest absolute Gasteiger partial charge is 0.508 e. The lowest BCUT2D eigenvalue weighted by Crippen LogP contribution is -2.58. The molecule has 5 fully saturated rings. The number of hydrogen-bond donors (Lipinski definition) is 15. The maximum absolute atomic E-state index is 16.6. The zero-order chi connectivity index (χ0) is 82.1. The van der Waals surface area contributed by atoms with Crippen molar-refractivity contribution in [2.24, 2.45) is 47.3 Å². The first-order valence-corrected chi connectivity index (χ1v) is 40.1. The van der Waals surface area contributed by atoms with Crippen LogP contribution in [0.5, 0.6) is 46.0 Å². The third-order valence-electron chi connectivity index (χ3n) is 23.7. The van der Waals surface area contributed by atoms with Gasteiger partial charge in [-0.25, -0.2) is 4.79 Å². The van der Waals surface area contributed by atoms with E-state index in [9.17, 15) is 55.2 Å². The summed E-state index contributed by atoms with van der Waals surface area (Å²) < 4.78 is 26.0. The number of benzene rings is 6. The van der Waals surface area contributed by atoms with Crippen molar-refractivity contribution in [1.82, 2.24) is 31.9 Å². The summed E-state index contributed by atoms with van der Waals surface area (Å²) in [6.45, 7) is 7.92. The highest BCUT2D eigenvalue weighted by Gasteiger charge is 2.51. The molecular formula is C85H97Cl2N7O21. The third-order valence-corrected chi connectivity index (χ3v) is 24.3. The average Bonchev–Trinajstić information content (AvgIpc) is 0.760. The van der Waals surface area contributed by atoms with Crippen molar-refractivity contribution in [1.29, 1.82) is 0 Å². The molecule has 6 aromatic rings. The Hall–Kier alpha value is -9.75. The molecule has 0 unspecified atom stereocenters. The Balaban J connectivity index is 0.986. The van der Waals surface area contributed by atoms with Gasteiger partial charge < -0.3 is 91.7 Å². The van der Waals surface area contributed by atoms with E-state index in [1.807, 2.05) is 20.9 Å². The average molecular weight is 1620 g/mol. The fraction of sp³-hybridized carbons (Fsp3) is 0.471. The molecule has 115 heavy (non-hydrogen) atoms. The maximum atomic E-state index is 16.6. The number of carbonyl (C=O) groups excluding carboxylic acids is 9. The first kappa shape index (κ1) is 83.2. The number of aryl methyl sites for hydroxylation is 1. The predicted octanol–water partition coefficient (Wildman–Crippen LogP) is 9.66. The van der Waals surface area contributed by atoms with Gasteiger partial charge in [-0.05, 0) is 213 Å². The Morgan fingerprint density at radius 3 is 1.90 bits per heavy atom. The highest BCUT2D eigenvalue weighted by Crippen LogP contribution is 2.58. The Kier molecular flexibility index (Phi) is 25.6. The summed E-state index contributed by atoms with van der Waals surface area (Å²) in [6.07, 6.45) is -8.90. The van der Waals surface area contributed by atoms with Crippen molar-refractivity contribution in [2.45, 2.75) is 191 Å². The lowest BCUT2D eigenvalue weighted by molar-refractivity contribution is -0.272. The van der Waals surface area contributed by atoms with Crippen molar-refractivity contribution < 1.29 is 103 Å². The number of Topliss-reactive ketones (excluding diaryl/α,β-unsaturated/α-hetero) is 3. The van der Waals surface area contributed by atoms with Crippen molar-refractivity contribution in [3.63, 3.8) is 0 Å². The fourth-order valence-electron chi connectivity index (χ4n) is 18.0. The van der Waals surface area contributed by atoms with Crippen LogP contribution in [0, 0.1) is 47.3 Å². The molecule has 10 aliphatic rings. The SMILES string of the molecule is CC[C@H](CC(C)C)C(=O)N[C@H]1C(=O)C[C@@H](CC(=O)NC(=O)Nc2ccc(CCCNC)cc2)C(=O)N[C@H]2C(=O)C[C@H]3C(=O)N[C@H](C(=O)N[C@H](C(=O)CC4C5CC6CC(C5)CC4C6)c4cc(O)cc(O)c4-c4cc3ccc4O)[C@H](O)c3ccc(c(Cl)c3)Oc3cc2cc(c3O[C@@H]2O[C@H](CC)[C@@H](O)[C@H](O)[C@H]2O)Oc2ccc(cc2Cl)[C@H]1O. The molecule has 0 radical (unpaired) electrons. The number of phenolic OH excluding ortho intramolecular Hbond substituents is 3. The number of aliphatic hydroxyl groups is 5. The first-order chi connectivity index (χ1) is 54.9. The minimum atomic E-state index is -2.18. The number of hydrogen-bond acceptors (Lipinski definition) is 22. The standard InChI is InChI=1S/C85H97Cl2N7O21/c1-6-42(21-38(3)4)80(107)93-72-60(98)30-49(33-68(101)90-85(111)89-50-15-10-39(11-16-50)9-8-20-88-5)81(108)91-70-48-31-66(112-64-18-13-44(74(72)102)28-56(64)86)79(115-84-78(106)77(105)76(104)63(7-2)114-84)67(32-48)113-65-19-14-45(29-57(65)87)75(103)73-83(110)92-71(62(100)36-52-46-23-40-22-41(25-46)26-47(52)24-40)55-34-51(95)35-59(97)69(55)54-27-43(12-17-58(54)96)53(37-61(70)99)82(109)94-73/h10-19,27-29,31-32,34-35,38,40-42,46-47,49,52-53,63,70-78,84,88,95-97,102-106H,6-9,20-26,30,33,36-37H2,1-5H3,(H,91,108)(H,92,110)(H,93,107)(H,94,109)(H2,89,90,101,111)/t40?,41?,42-,46?,47?,49+,52?,53-,63-,70-,71+,72+,73+,74-,75-,76-,77+,78-,84+/m1/s1. The molecule has 0 aromatic heterocycles. The van der Waals surface area contributed by atoms with Crippen LogP contribution in [0.15, 0.2) is 103 Å². The molecule has 6 aromatic carbocycles. The Bertz CT molecular complexity index is 4710. The minimum Gasteiger partial charge on any atom is -0.508 e. The molecule has 6 aliphatic heterocycles. The summed E-state index contributed by atoms with van der Waals surface area (Å²) in [4.78, 5) is 138. The lowest BCUT2D eigenvalue weighted by atomic mass is 9.51. The molecule has 15 N–H and O–H groups in total. The Morgan fingerprint density at radius 2 is 1.29 bits per heavy atom. The summed E-state index contributed by atoms with van der Waals surface area (Å²) in [7, 11) is 1.83. The van der Waals surface area contributed by atoms with Crippen LogP contribution in [0.1, 0.15) is 175 Å². The van der Waals surface area contributed by atoms with Crippen LogP contribution < -0.4 is 51.4 Å². The second kappa shape index (κ2) is 35.4. The molecule has 15 bridgehead atoms. The van der Waals surface area contributed by atoms with E-state index in [1.165, 1.54) is 48.5 Å². The molecule has 6 heterocycles. The van der Waals surface area contributed by atoms with Gasteiger partial charge in [0.05, 0.1) is 28.0 Å². The van der Waals surface area contributed by atoms with E-state index in [0.717, 1.165) is 81.0 Å². The van der Waals surface area contributed by atoms with Crippen molar-refractivity contribution in [2.75, 3.05) is 18.9 Å². The molecule has 0 spiro atoms. The molecular weight excluding hydrogens is 1530 g/mol. The highest BCUT2D eigenvalue weighted by atomic mass is 35.5. The topological polar surface area (TPSA) is 437 Å². The lowest BCUT2D eigenvalue weighted by Gasteiger charge is -2.54. The van der Waals surface area contributed by atoms with Gasteiger partial charge in [0.2, 0.25) is 41.6 Å². The number of phenols is 3. The molecule has 612 valence electrons. The summed E-state index contributed by atoms with van der Waals surface area (Å²) in [5, 5.41) is 113. The van der Waals surface area contributed by atoms with Gasteiger partial charge in [-0.2, -0.15) is 0 Å². The Labute approximate surface area is 673 Å². The molecule has 16 rings (SSSR count). The van der Waals surface area contributed by atoms with Gasteiger partial charge >= 0.3 is 6.03 Å². The number of nitrogens with one attached hydrogen (secondary N) is 7. The van der Waals surface area contributed by atoms with E-state index in [-0.39, 0.29) is 109 Å². The number of anilines is 1. The summed E-state index contributed by atoms with van der Waals surface area (Å²) >= 11 is 14.4. The minimum absolute atomic E-state index is 0.0257. The number of rotatable bonds is 18. The van der Waals surface area contributed by atoms with Gasteiger partial charge in [0.1, 0.15) is 83.4 Å². The molecule has 4 saturated carbocycles. The first-order valence-electron chi connectivity index (χ1n) is 39.3. The van der Waals surface area contributed by atoms with Crippen molar-refractivity contribution in [3.05, 3.63) is 147 Å². The number of amides is 7. The molecule has 4 aliphatic carbocycles. The van der Waals surface area contributed by atoms with Crippen LogP contribution in [0.2, 0.25) is 10.0 Å². The normalized spacial score (nSPS) is 28.1. The van der Waals surface area contributed by atoms with Crippen LogP contribution in [-0.2, 0) is 49.5 Å². The van der Waals surface area contributed by atoms with Gasteiger partial charge in [0, 0.05) is 54.5 Å². The second-order valence-electron chi connectivity index (χ2n) is 32.1. The zero-order valence-corrected chi connectivity index (χ0v) is 65.6. The molecule has 1 saturated heterocycles. The molecule has 30 heteroatoms. The number of aliphatic hydroxyl groups excluding tert-OH is 5. The number of urea groups is 1. The number of ketones is 3. The van der Waals surface area contributed by atoms with E-state index in [4.69, 9.17) is 42.1 Å². The number of ether oxygens (including phenoxy) is 4. The quantitative estimate of drug-likeness (QED) is 0.0356. The van der Waals surface area contributed by atoms with Crippen LogP contribution in [-0.4, -0.2) is 150 Å². The van der Waals surface area contributed by atoms with Gasteiger partial charge in [-0.1, -0.05) is 81.2 Å².